The zero-order valence-electron chi connectivity index (χ0n) is 10.6. The van der Waals surface area contributed by atoms with Gasteiger partial charge in [-0.25, -0.2) is 17.9 Å². The van der Waals surface area contributed by atoms with Gasteiger partial charge < -0.3 is 5.73 Å². The summed E-state index contributed by atoms with van der Waals surface area (Å²) in [4.78, 5) is 0. The third kappa shape index (κ3) is 2.88. The third-order valence-electron chi connectivity index (χ3n) is 2.94. The first-order valence-corrected chi connectivity index (χ1v) is 6.67. The number of anilines is 1. The Morgan fingerprint density at radius 3 is 2.43 bits per heavy atom. The summed E-state index contributed by atoms with van der Waals surface area (Å²) in [6.45, 7) is -1.33. The largest absolute Gasteiger partial charge is 0.383 e. The second-order valence-corrected chi connectivity index (χ2v) is 5.14. The van der Waals surface area contributed by atoms with Crippen molar-refractivity contribution in [1.29, 1.82) is 5.26 Å². The van der Waals surface area contributed by atoms with Crippen LogP contribution in [0.5, 0.6) is 0 Å². The van der Waals surface area contributed by atoms with Crippen molar-refractivity contribution in [3.8, 4) is 17.3 Å². The molecule has 0 aliphatic heterocycles. The van der Waals surface area contributed by atoms with Crippen molar-refractivity contribution < 1.29 is 13.2 Å². The fourth-order valence-corrected chi connectivity index (χ4v) is 2.12. The van der Waals surface area contributed by atoms with Crippen molar-refractivity contribution >= 4 is 21.7 Å². The predicted molar refractivity (Wildman–Crippen MR) is 75.5 cm³/mol. The van der Waals surface area contributed by atoms with Gasteiger partial charge in [-0.2, -0.15) is 10.4 Å². The first-order valence-electron chi connectivity index (χ1n) is 5.87. The van der Waals surface area contributed by atoms with E-state index < -0.39 is 19.1 Å². The van der Waals surface area contributed by atoms with Crippen molar-refractivity contribution in [2.75, 3.05) is 12.4 Å². The van der Waals surface area contributed by atoms with Crippen molar-refractivity contribution in [1.82, 2.24) is 9.78 Å². The van der Waals surface area contributed by atoms with Crippen LogP contribution in [0.4, 0.5) is 19.0 Å². The maximum atomic E-state index is 12.8. The summed E-state index contributed by atoms with van der Waals surface area (Å²) in [5, 5.41) is 13.1. The van der Waals surface area contributed by atoms with Crippen LogP contribution in [0.25, 0.3) is 11.3 Å². The molecule has 0 amide bonds. The molecule has 0 aliphatic carbocycles. The number of halogens is 4. The summed E-state index contributed by atoms with van der Waals surface area (Å²) in [5.74, 6) is -0.265. The molecule has 1 unspecified atom stereocenters. The summed E-state index contributed by atoms with van der Waals surface area (Å²) in [6, 6.07) is 6.76. The van der Waals surface area contributed by atoms with Crippen LogP contribution in [0.2, 0.25) is 0 Å². The van der Waals surface area contributed by atoms with Gasteiger partial charge in [-0.1, -0.05) is 28.1 Å². The molecule has 0 aliphatic rings. The molecule has 4 nitrogen and oxygen atoms in total. The summed E-state index contributed by atoms with van der Waals surface area (Å²) in [5.41, 5.74) is 6.31. The summed E-state index contributed by atoms with van der Waals surface area (Å²) in [7, 11) is 0. The zero-order chi connectivity index (χ0) is 15.6. The minimum atomic E-state index is -2.97. The van der Waals surface area contributed by atoms with Gasteiger partial charge in [0.1, 0.15) is 35.9 Å². The van der Waals surface area contributed by atoms with E-state index in [4.69, 9.17) is 11.0 Å². The molecule has 1 aromatic heterocycles. The molecule has 2 aromatic rings. The van der Waals surface area contributed by atoms with E-state index in [2.05, 4.69) is 21.0 Å². The monoisotopic (exact) mass is 358 g/mol. The standard InChI is InChI=1S/C13H10BrF3N4/c14-8-3-1-7(2-4-8)11-9(6-18)13(19)21(20-11)10(5-15)12(16)17/h1-4,10,12H,5,19H2. The lowest BCUT2D eigenvalue weighted by molar-refractivity contribution is 0.0636. The Hall–Kier alpha value is -2.01. The number of alkyl halides is 3. The van der Waals surface area contributed by atoms with E-state index in [-0.39, 0.29) is 17.1 Å². The van der Waals surface area contributed by atoms with Gasteiger partial charge in [0.2, 0.25) is 0 Å². The number of nitriles is 1. The smallest absolute Gasteiger partial charge is 0.263 e. The Labute approximate surface area is 127 Å². The van der Waals surface area contributed by atoms with Gasteiger partial charge in [-0.15, -0.1) is 0 Å². The van der Waals surface area contributed by atoms with E-state index in [1.807, 2.05) is 6.07 Å². The van der Waals surface area contributed by atoms with Gasteiger partial charge in [-0.3, -0.25) is 0 Å². The number of nitrogen functional groups attached to an aromatic ring is 1. The van der Waals surface area contributed by atoms with E-state index in [0.717, 1.165) is 4.47 Å². The second kappa shape index (κ2) is 6.18. The quantitative estimate of drug-likeness (QED) is 0.908. The highest BCUT2D eigenvalue weighted by molar-refractivity contribution is 9.10. The van der Waals surface area contributed by atoms with Crippen LogP contribution in [0.15, 0.2) is 28.7 Å². The summed E-state index contributed by atoms with van der Waals surface area (Å²) < 4.78 is 39.9. The van der Waals surface area contributed by atoms with Crippen molar-refractivity contribution in [3.63, 3.8) is 0 Å². The minimum Gasteiger partial charge on any atom is -0.383 e. The number of nitrogens with two attached hydrogens (primary N) is 1. The number of aromatic nitrogens is 2. The third-order valence-corrected chi connectivity index (χ3v) is 3.47. The number of benzene rings is 1. The summed E-state index contributed by atoms with van der Waals surface area (Å²) >= 11 is 3.26. The average molecular weight is 359 g/mol. The van der Waals surface area contributed by atoms with Crippen LogP contribution in [0.1, 0.15) is 11.6 Å². The fraction of sp³-hybridized carbons (Fsp3) is 0.231. The SMILES string of the molecule is N#Cc1c(-c2ccc(Br)cc2)nn(C(CF)C(F)F)c1N. The van der Waals surface area contributed by atoms with E-state index >= 15 is 0 Å². The maximum absolute atomic E-state index is 12.8. The summed E-state index contributed by atoms with van der Waals surface area (Å²) in [6.07, 6.45) is -2.97. The zero-order valence-corrected chi connectivity index (χ0v) is 12.2. The Morgan fingerprint density at radius 1 is 1.33 bits per heavy atom. The second-order valence-electron chi connectivity index (χ2n) is 4.23. The first kappa shape index (κ1) is 15.4. The van der Waals surface area contributed by atoms with Crippen LogP contribution >= 0.6 is 15.9 Å². The topological polar surface area (TPSA) is 67.6 Å². The number of rotatable bonds is 4. The van der Waals surface area contributed by atoms with Crippen molar-refractivity contribution in [2.45, 2.75) is 12.5 Å². The van der Waals surface area contributed by atoms with E-state index in [1.165, 1.54) is 0 Å². The van der Waals surface area contributed by atoms with Crippen LogP contribution in [-0.2, 0) is 0 Å². The van der Waals surface area contributed by atoms with Gasteiger partial charge in [-0.05, 0) is 12.1 Å². The molecule has 0 spiro atoms. The molecule has 0 saturated heterocycles. The average Bonchev–Trinajstić information content (AvgIpc) is 2.77. The molecule has 21 heavy (non-hydrogen) atoms. The van der Waals surface area contributed by atoms with Gasteiger partial charge >= 0.3 is 0 Å². The fourth-order valence-electron chi connectivity index (χ4n) is 1.86. The Balaban J connectivity index is 2.58. The molecule has 110 valence electrons. The molecule has 1 heterocycles. The molecule has 8 heteroatoms. The predicted octanol–water partition coefficient (Wildman–Crippen LogP) is 3.54. The van der Waals surface area contributed by atoms with Crippen LogP contribution in [0, 0.1) is 11.3 Å². The lowest BCUT2D eigenvalue weighted by Crippen LogP contribution is -2.22. The Bertz CT molecular complexity index is 676. The van der Waals surface area contributed by atoms with Crippen molar-refractivity contribution in [3.05, 3.63) is 34.3 Å². The highest BCUT2D eigenvalue weighted by atomic mass is 79.9. The normalized spacial score (nSPS) is 12.4. The number of hydrogen-bond donors (Lipinski definition) is 1. The molecule has 1 atom stereocenters. The first-order chi connectivity index (χ1) is 9.99. The Kier molecular flexibility index (Phi) is 4.53. The highest BCUT2D eigenvalue weighted by Gasteiger charge is 2.28. The van der Waals surface area contributed by atoms with Crippen LogP contribution in [0.3, 0.4) is 0 Å². The minimum absolute atomic E-state index is 0.0450. The van der Waals surface area contributed by atoms with Crippen LogP contribution < -0.4 is 5.73 Å². The number of hydrogen-bond acceptors (Lipinski definition) is 3. The molecular weight excluding hydrogens is 349 g/mol. The highest BCUT2D eigenvalue weighted by Crippen LogP contribution is 2.31. The molecule has 2 rings (SSSR count). The molecule has 0 radical (unpaired) electrons. The molecule has 1 aromatic carbocycles. The lowest BCUT2D eigenvalue weighted by Gasteiger charge is -2.13. The lowest BCUT2D eigenvalue weighted by atomic mass is 10.1. The van der Waals surface area contributed by atoms with E-state index in [9.17, 15) is 13.2 Å². The van der Waals surface area contributed by atoms with Gasteiger partial charge in [0.05, 0.1) is 0 Å². The van der Waals surface area contributed by atoms with Gasteiger partial charge in [0.15, 0.2) is 0 Å². The molecule has 0 saturated carbocycles. The molecule has 2 N–H and O–H groups in total. The van der Waals surface area contributed by atoms with Gasteiger partial charge in [0.25, 0.3) is 6.43 Å². The molecule has 0 bridgehead atoms. The van der Waals surface area contributed by atoms with E-state index in [1.54, 1.807) is 24.3 Å². The molecular formula is C13H10BrF3N4. The van der Waals surface area contributed by atoms with Crippen molar-refractivity contribution in [2.24, 2.45) is 0 Å². The van der Waals surface area contributed by atoms with E-state index in [0.29, 0.717) is 10.2 Å². The van der Waals surface area contributed by atoms with Crippen LogP contribution in [-0.4, -0.2) is 22.9 Å². The number of nitrogens with zero attached hydrogens (tertiary/aromatic N) is 3. The van der Waals surface area contributed by atoms with Gasteiger partial charge in [0, 0.05) is 10.0 Å². The Morgan fingerprint density at radius 2 is 1.95 bits per heavy atom. The maximum Gasteiger partial charge on any atom is 0.263 e. The molecule has 0 fully saturated rings.